The summed E-state index contributed by atoms with van der Waals surface area (Å²) in [6.45, 7) is 4.63. The molecular weight excluding hydrogens is 160 g/mol. The van der Waals surface area contributed by atoms with E-state index in [0.29, 0.717) is 0 Å². The van der Waals surface area contributed by atoms with Gasteiger partial charge in [-0.3, -0.25) is 9.88 Å². The Balaban J connectivity index is 1.92. The topological polar surface area (TPSA) is 16.1 Å². The van der Waals surface area contributed by atoms with Crippen molar-refractivity contribution in [1.29, 1.82) is 0 Å². The molecule has 1 aliphatic rings. The van der Waals surface area contributed by atoms with E-state index in [-0.39, 0.29) is 0 Å². The Hall–Kier alpha value is -0.890. The first-order chi connectivity index (χ1) is 6.40. The van der Waals surface area contributed by atoms with Crippen LogP contribution in [0.15, 0.2) is 24.5 Å². The van der Waals surface area contributed by atoms with E-state index in [1.54, 1.807) is 0 Å². The van der Waals surface area contributed by atoms with Crippen molar-refractivity contribution in [2.45, 2.75) is 32.4 Å². The number of nitrogens with zero attached hydrogens (tertiary/aromatic N) is 2. The molecule has 2 nitrogen and oxygen atoms in total. The predicted molar refractivity (Wildman–Crippen MR) is 53.3 cm³/mol. The lowest BCUT2D eigenvalue weighted by Gasteiger charge is -2.40. The first kappa shape index (κ1) is 8.70. The molecule has 0 amide bonds. The molecule has 1 fully saturated rings. The van der Waals surface area contributed by atoms with Crippen LogP contribution in [0.2, 0.25) is 0 Å². The summed E-state index contributed by atoms with van der Waals surface area (Å²) in [5.74, 6) is 0. The Labute approximate surface area is 79.6 Å². The first-order valence-corrected chi connectivity index (χ1v) is 5.03. The molecule has 1 saturated heterocycles. The van der Waals surface area contributed by atoms with Gasteiger partial charge in [-0.15, -0.1) is 0 Å². The van der Waals surface area contributed by atoms with Gasteiger partial charge in [0.25, 0.3) is 0 Å². The molecule has 1 aromatic rings. The SMILES string of the molecule is CCC1CCN1Cc1ccncc1. The summed E-state index contributed by atoms with van der Waals surface area (Å²) in [5.41, 5.74) is 1.38. The van der Waals surface area contributed by atoms with Crippen LogP contribution < -0.4 is 0 Å². The summed E-state index contributed by atoms with van der Waals surface area (Å²) in [4.78, 5) is 6.55. The van der Waals surface area contributed by atoms with Crippen molar-refractivity contribution in [3.8, 4) is 0 Å². The van der Waals surface area contributed by atoms with Crippen LogP contribution in [-0.2, 0) is 6.54 Å². The lowest BCUT2D eigenvalue weighted by Crippen LogP contribution is -2.46. The highest BCUT2D eigenvalue weighted by Gasteiger charge is 2.25. The van der Waals surface area contributed by atoms with Gasteiger partial charge in [0, 0.05) is 31.5 Å². The quantitative estimate of drug-likeness (QED) is 0.701. The third kappa shape index (κ3) is 1.89. The van der Waals surface area contributed by atoms with Gasteiger partial charge in [-0.1, -0.05) is 6.92 Å². The second-order valence-electron chi connectivity index (χ2n) is 3.68. The fourth-order valence-electron chi connectivity index (χ4n) is 1.89. The van der Waals surface area contributed by atoms with Gasteiger partial charge < -0.3 is 0 Å². The lowest BCUT2D eigenvalue weighted by molar-refractivity contribution is 0.0791. The van der Waals surface area contributed by atoms with Crippen molar-refractivity contribution >= 4 is 0 Å². The molecule has 2 heterocycles. The van der Waals surface area contributed by atoms with Crippen molar-refractivity contribution in [1.82, 2.24) is 9.88 Å². The number of hydrogen-bond acceptors (Lipinski definition) is 2. The second-order valence-corrected chi connectivity index (χ2v) is 3.68. The third-order valence-corrected chi connectivity index (χ3v) is 2.87. The minimum Gasteiger partial charge on any atom is -0.296 e. The van der Waals surface area contributed by atoms with E-state index in [0.717, 1.165) is 12.6 Å². The van der Waals surface area contributed by atoms with Gasteiger partial charge in [0.15, 0.2) is 0 Å². The summed E-state index contributed by atoms with van der Waals surface area (Å²) in [6.07, 6.45) is 6.40. The number of rotatable bonds is 3. The maximum absolute atomic E-state index is 4.02. The zero-order valence-corrected chi connectivity index (χ0v) is 8.11. The summed E-state index contributed by atoms with van der Waals surface area (Å²) < 4.78 is 0. The van der Waals surface area contributed by atoms with Crippen LogP contribution in [0.5, 0.6) is 0 Å². The molecule has 0 N–H and O–H groups in total. The van der Waals surface area contributed by atoms with E-state index in [2.05, 4.69) is 28.9 Å². The standard InChI is InChI=1S/C11H16N2/c1-2-11-5-8-13(11)9-10-3-6-12-7-4-10/h3-4,6-7,11H,2,5,8-9H2,1H3. The van der Waals surface area contributed by atoms with Crippen LogP contribution in [-0.4, -0.2) is 22.5 Å². The molecule has 0 bridgehead atoms. The van der Waals surface area contributed by atoms with Gasteiger partial charge in [-0.05, 0) is 30.5 Å². The Bertz CT molecular complexity index is 256. The van der Waals surface area contributed by atoms with E-state index in [4.69, 9.17) is 0 Å². The van der Waals surface area contributed by atoms with Gasteiger partial charge in [0.05, 0.1) is 0 Å². The predicted octanol–water partition coefficient (Wildman–Crippen LogP) is 2.07. The van der Waals surface area contributed by atoms with Crippen LogP contribution in [0, 0.1) is 0 Å². The van der Waals surface area contributed by atoms with Gasteiger partial charge >= 0.3 is 0 Å². The summed E-state index contributed by atoms with van der Waals surface area (Å²) in [7, 11) is 0. The highest BCUT2D eigenvalue weighted by molar-refractivity contribution is 5.10. The largest absolute Gasteiger partial charge is 0.296 e. The molecule has 2 heteroatoms. The lowest BCUT2D eigenvalue weighted by atomic mass is 10.00. The third-order valence-electron chi connectivity index (χ3n) is 2.87. The van der Waals surface area contributed by atoms with Gasteiger partial charge in [0.2, 0.25) is 0 Å². The van der Waals surface area contributed by atoms with Crippen LogP contribution >= 0.6 is 0 Å². The summed E-state index contributed by atoms with van der Waals surface area (Å²) in [5, 5.41) is 0. The van der Waals surface area contributed by atoms with Gasteiger partial charge in [-0.25, -0.2) is 0 Å². The van der Waals surface area contributed by atoms with Crippen LogP contribution in [0.4, 0.5) is 0 Å². The number of pyridine rings is 1. The van der Waals surface area contributed by atoms with Crippen molar-refractivity contribution in [3.05, 3.63) is 30.1 Å². The Kier molecular flexibility index (Phi) is 2.60. The number of aromatic nitrogens is 1. The molecule has 0 aromatic carbocycles. The van der Waals surface area contributed by atoms with Crippen molar-refractivity contribution in [2.75, 3.05) is 6.54 Å². The van der Waals surface area contributed by atoms with E-state index < -0.39 is 0 Å². The van der Waals surface area contributed by atoms with E-state index in [1.807, 2.05) is 12.4 Å². The van der Waals surface area contributed by atoms with Gasteiger partial charge in [-0.2, -0.15) is 0 Å². The molecule has 2 rings (SSSR count). The fraction of sp³-hybridized carbons (Fsp3) is 0.545. The molecule has 0 saturated carbocycles. The smallest absolute Gasteiger partial charge is 0.0271 e. The molecule has 1 unspecified atom stereocenters. The van der Waals surface area contributed by atoms with Gasteiger partial charge in [0.1, 0.15) is 0 Å². The molecule has 0 radical (unpaired) electrons. The molecular formula is C11H16N2. The molecule has 13 heavy (non-hydrogen) atoms. The number of likely N-dealkylation sites (tertiary alicyclic amines) is 1. The monoisotopic (exact) mass is 176 g/mol. The Morgan fingerprint density at radius 2 is 2.23 bits per heavy atom. The van der Waals surface area contributed by atoms with Crippen LogP contribution in [0.1, 0.15) is 25.3 Å². The molecule has 1 aromatic heterocycles. The van der Waals surface area contributed by atoms with Crippen LogP contribution in [0.25, 0.3) is 0 Å². The zero-order chi connectivity index (χ0) is 9.10. The summed E-state index contributed by atoms with van der Waals surface area (Å²) >= 11 is 0. The van der Waals surface area contributed by atoms with E-state index in [9.17, 15) is 0 Å². The second kappa shape index (κ2) is 3.88. The summed E-state index contributed by atoms with van der Waals surface area (Å²) in [6, 6.07) is 5.03. The molecule has 0 spiro atoms. The average Bonchev–Trinajstić information content (AvgIpc) is 2.15. The maximum Gasteiger partial charge on any atom is 0.0271 e. The van der Waals surface area contributed by atoms with Crippen molar-refractivity contribution in [2.24, 2.45) is 0 Å². The molecule has 1 atom stereocenters. The van der Waals surface area contributed by atoms with E-state index >= 15 is 0 Å². The molecule has 1 aliphatic heterocycles. The zero-order valence-electron chi connectivity index (χ0n) is 8.11. The Morgan fingerprint density at radius 3 is 2.77 bits per heavy atom. The highest BCUT2D eigenvalue weighted by atomic mass is 15.2. The average molecular weight is 176 g/mol. The van der Waals surface area contributed by atoms with Crippen molar-refractivity contribution in [3.63, 3.8) is 0 Å². The molecule has 0 aliphatic carbocycles. The number of hydrogen-bond donors (Lipinski definition) is 0. The minimum atomic E-state index is 0.827. The van der Waals surface area contributed by atoms with Crippen molar-refractivity contribution < 1.29 is 0 Å². The van der Waals surface area contributed by atoms with E-state index in [1.165, 1.54) is 24.9 Å². The van der Waals surface area contributed by atoms with Crippen LogP contribution in [0.3, 0.4) is 0 Å². The Morgan fingerprint density at radius 1 is 1.46 bits per heavy atom. The normalized spacial score (nSPS) is 22.7. The highest BCUT2D eigenvalue weighted by Crippen LogP contribution is 2.22. The fourth-order valence-corrected chi connectivity index (χ4v) is 1.89. The maximum atomic E-state index is 4.02. The molecule has 70 valence electrons. The first-order valence-electron chi connectivity index (χ1n) is 5.03. The minimum absolute atomic E-state index is 0.827.